The number of sulfone groups is 1. The number of ether oxygens (including phenoxy) is 1. The Morgan fingerprint density at radius 1 is 1.25 bits per heavy atom. The van der Waals surface area contributed by atoms with Crippen LogP contribution in [0.5, 0.6) is 5.75 Å². The van der Waals surface area contributed by atoms with Crippen LogP contribution in [0.1, 0.15) is 36.8 Å². The molecule has 1 fully saturated rings. The van der Waals surface area contributed by atoms with Crippen molar-refractivity contribution in [2.45, 2.75) is 30.4 Å². The van der Waals surface area contributed by atoms with Crippen molar-refractivity contribution < 1.29 is 22.3 Å². The van der Waals surface area contributed by atoms with Crippen molar-refractivity contribution in [3.63, 3.8) is 0 Å². The second-order valence-corrected chi connectivity index (χ2v) is 9.34. The van der Waals surface area contributed by atoms with E-state index in [-0.39, 0.29) is 5.75 Å². The SMILES string of the molecule is CNC(=O)Oc1cc(C(CCC2CC2)(c2ccncc2)S(C)(=O)=O)ccc1F. The molecule has 1 aromatic carbocycles. The first-order valence-corrected chi connectivity index (χ1v) is 11.0. The number of hydrogen-bond acceptors (Lipinski definition) is 5. The average Bonchev–Trinajstić information content (AvgIpc) is 3.48. The molecule has 3 rings (SSSR count). The van der Waals surface area contributed by atoms with Crippen molar-refractivity contribution in [3.8, 4) is 5.75 Å². The molecular weight excluding hydrogens is 383 g/mol. The van der Waals surface area contributed by atoms with Crippen LogP contribution in [-0.2, 0) is 14.6 Å². The highest BCUT2D eigenvalue weighted by Gasteiger charge is 2.45. The summed E-state index contributed by atoms with van der Waals surface area (Å²) in [5.74, 6) is -0.554. The number of halogens is 1. The Labute approximate surface area is 164 Å². The Balaban J connectivity index is 2.18. The highest BCUT2D eigenvalue weighted by molar-refractivity contribution is 7.91. The van der Waals surface area contributed by atoms with Gasteiger partial charge in [-0.1, -0.05) is 18.9 Å². The molecular formula is C20H23FN2O4S. The number of aromatic nitrogens is 1. The first kappa shape index (κ1) is 20.3. The first-order valence-electron chi connectivity index (χ1n) is 9.07. The van der Waals surface area contributed by atoms with E-state index in [1.165, 1.54) is 37.8 Å². The van der Waals surface area contributed by atoms with Crippen LogP contribution in [-0.4, -0.2) is 32.8 Å². The molecule has 1 saturated carbocycles. The molecule has 1 heterocycles. The summed E-state index contributed by atoms with van der Waals surface area (Å²) in [5, 5.41) is 2.25. The minimum Gasteiger partial charge on any atom is -0.407 e. The lowest BCUT2D eigenvalue weighted by atomic mass is 9.86. The van der Waals surface area contributed by atoms with Crippen LogP contribution in [0.4, 0.5) is 9.18 Å². The monoisotopic (exact) mass is 406 g/mol. The molecule has 150 valence electrons. The van der Waals surface area contributed by atoms with Crippen LogP contribution >= 0.6 is 0 Å². The summed E-state index contributed by atoms with van der Waals surface area (Å²) in [6.45, 7) is 0. The molecule has 1 aliphatic rings. The predicted octanol–water partition coefficient (Wildman–Crippen LogP) is 3.42. The fraction of sp³-hybridized carbons (Fsp3) is 0.400. The molecule has 0 aliphatic heterocycles. The van der Waals surface area contributed by atoms with Gasteiger partial charge in [0.05, 0.1) is 0 Å². The van der Waals surface area contributed by atoms with Crippen LogP contribution in [0.2, 0.25) is 0 Å². The Kier molecular flexibility index (Phi) is 5.69. The van der Waals surface area contributed by atoms with Gasteiger partial charge in [-0.15, -0.1) is 0 Å². The van der Waals surface area contributed by atoms with Gasteiger partial charge in [0.25, 0.3) is 0 Å². The summed E-state index contributed by atoms with van der Waals surface area (Å²) >= 11 is 0. The van der Waals surface area contributed by atoms with Gasteiger partial charge >= 0.3 is 6.09 Å². The minimum atomic E-state index is -3.67. The first-order chi connectivity index (χ1) is 13.3. The van der Waals surface area contributed by atoms with E-state index in [1.807, 2.05) is 0 Å². The fourth-order valence-electron chi connectivity index (χ4n) is 3.49. The van der Waals surface area contributed by atoms with Crippen molar-refractivity contribution in [1.29, 1.82) is 0 Å². The van der Waals surface area contributed by atoms with Gasteiger partial charge in [0.15, 0.2) is 21.4 Å². The fourth-order valence-corrected chi connectivity index (χ4v) is 5.10. The van der Waals surface area contributed by atoms with Crippen molar-refractivity contribution in [2.24, 2.45) is 5.92 Å². The molecule has 1 unspecified atom stereocenters. The van der Waals surface area contributed by atoms with Crippen molar-refractivity contribution in [2.75, 3.05) is 13.3 Å². The van der Waals surface area contributed by atoms with E-state index in [0.717, 1.165) is 25.3 Å². The minimum absolute atomic E-state index is 0.314. The lowest BCUT2D eigenvalue weighted by molar-refractivity contribution is 0.200. The number of carbonyl (C=O) groups excluding carboxylic acids is 1. The zero-order valence-corrected chi connectivity index (χ0v) is 16.6. The molecule has 1 aromatic heterocycles. The van der Waals surface area contributed by atoms with Gasteiger partial charge < -0.3 is 10.1 Å². The summed E-state index contributed by atoms with van der Waals surface area (Å²) < 4.78 is 44.1. The summed E-state index contributed by atoms with van der Waals surface area (Å²) in [6, 6.07) is 7.21. The average molecular weight is 406 g/mol. The number of nitrogens with zero attached hydrogens (tertiary/aromatic N) is 1. The topological polar surface area (TPSA) is 85.4 Å². The third-order valence-electron chi connectivity index (χ3n) is 5.19. The lowest BCUT2D eigenvalue weighted by Gasteiger charge is -2.33. The van der Waals surface area contributed by atoms with Gasteiger partial charge in [-0.3, -0.25) is 4.98 Å². The molecule has 0 saturated heterocycles. The zero-order chi connectivity index (χ0) is 20.4. The maximum absolute atomic E-state index is 14.2. The van der Waals surface area contributed by atoms with Gasteiger partial charge in [-0.25, -0.2) is 17.6 Å². The summed E-state index contributed by atoms with van der Waals surface area (Å²) in [4.78, 5) is 15.5. The second-order valence-electron chi connectivity index (χ2n) is 7.10. The van der Waals surface area contributed by atoms with Crippen molar-refractivity contribution in [1.82, 2.24) is 10.3 Å². The molecule has 6 nitrogen and oxygen atoms in total. The molecule has 1 amide bonds. The largest absolute Gasteiger partial charge is 0.412 e. The van der Waals surface area contributed by atoms with Crippen LogP contribution in [0.25, 0.3) is 0 Å². The lowest BCUT2D eigenvalue weighted by Crippen LogP contribution is -2.37. The van der Waals surface area contributed by atoms with Gasteiger partial charge in [-0.2, -0.15) is 0 Å². The Morgan fingerprint density at radius 3 is 2.50 bits per heavy atom. The molecule has 0 spiro atoms. The predicted molar refractivity (Wildman–Crippen MR) is 103 cm³/mol. The number of nitrogens with one attached hydrogen (secondary N) is 1. The molecule has 0 radical (unpaired) electrons. The van der Waals surface area contributed by atoms with E-state index in [1.54, 1.807) is 12.1 Å². The van der Waals surface area contributed by atoms with E-state index in [4.69, 9.17) is 4.74 Å². The van der Waals surface area contributed by atoms with Gasteiger partial charge in [0, 0.05) is 25.7 Å². The van der Waals surface area contributed by atoms with Gasteiger partial charge in [0.1, 0.15) is 4.75 Å². The zero-order valence-electron chi connectivity index (χ0n) is 15.8. The Bertz CT molecular complexity index is 961. The van der Waals surface area contributed by atoms with E-state index in [9.17, 15) is 17.6 Å². The number of hydrogen-bond donors (Lipinski definition) is 1. The standard InChI is InChI=1S/C20H23FN2O4S/c1-22-19(24)27-18-13-16(5-6-17(18)21)20(28(2,25)26,10-7-14-3-4-14)15-8-11-23-12-9-15/h5-6,8-9,11-14H,3-4,7,10H2,1-2H3,(H,22,24). The van der Waals surface area contributed by atoms with E-state index >= 15 is 0 Å². The number of benzene rings is 1. The quantitative estimate of drug-likeness (QED) is 0.762. The van der Waals surface area contributed by atoms with E-state index in [0.29, 0.717) is 23.5 Å². The van der Waals surface area contributed by atoms with Crippen molar-refractivity contribution >= 4 is 15.9 Å². The molecule has 8 heteroatoms. The number of carbonyl (C=O) groups is 1. The molecule has 1 atom stereocenters. The van der Waals surface area contributed by atoms with Crippen LogP contribution in [0.15, 0.2) is 42.7 Å². The molecule has 0 bridgehead atoms. The maximum atomic E-state index is 14.2. The summed E-state index contributed by atoms with van der Waals surface area (Å²) in [7, 11) is -2.31. The second kappa shape index (κ2) is 7.87. The molecule has 1 N–H and O–H groups in total. The number of pyridine rings is 1. The van der Waals surface area contributed by atoms with Gasteiger partial charge in [0.2, 0.25) is 0 Å². The van der Waals surface area contributed by atoms with Crippen LogP contribution in [0, 0.1) is 11.7 Å². The summed E-state index contributed by atoms with van der Waals surface area (Å²) in [6.07, 6.45) is 6.70. The molecule has 28 heavy (non-hydrogen) atoms. The maximum Gasteiger partial charge on any atom is 0.412 e. The van der Waals surface area contributed by atoms with Gasteiger partial charge in [-0.05, 0) is 54.2 Å². The number of rotatable bonds is 7. The van der Waals surface area contributed by atoms with Crippen LogP contribution < -0.4 is 10.1 Å². The molecule has 2 aromatic rings. The number of amides is 1. The highest BCUT2D eigenvalue weighted by Crippen LogP contribution is 2.46. The normalized spacial score (nSPS) is 16.2. The Hall–Kier alpha value is -2.48. The molecule has 1 aliphatic carbocycles. The van der Waals surface area contributed by atoms with Crippen molar-refractivity contribution in [3.05, 3.63) is 59.7 Å². The third-order valence-corrected chi connectivity index (χ3v) is 7.13. The smallest absolute Gasteiger partial charge is 0.407 e. The Morgan fingerprint density at radius 2 is 1.93 bits per heavy atom. The van der Waals surface area contributed by atoms with E-state index < -0.39 is 26.5 Å². The highest BCUT2D eigenvalue weighted by atomic mass is 32.2. The summed E-state index contributed by atoms with van der Waals surface area (Å²) in [5.41, 5.74) is 0.922. The van der Waals surface area contributed by atoms with E-state index in [2.05, 4.69) is 10.3 Å². The van der Waals surface area contributed by atoms with Crippen LogP contribution in [0.3, 0.4) is 0 Å². The third kappa shape index (κ3) is 4.01.